The van der Waals surface area contributed by atoms with E-state index in [1.54, 1.807) is 6.07 Å². The lowest BCUT2D eigenvalue weighted by Gasteiger charge is -2.34. The molecule has 0 unspecified atom stereocenters. The van der Waals surface area contributed by atoms with Crippen LogP contribution in [-0.4, -0.2) is 59.3 Å². The molecule has 0 aliphatic carbocycles. The van der Waals surface area contributed by atoms with Crippen LogP contribution in [0.15, 0.2) is 51.7 Å². The second kappa shape index (κ2) is 8.37. The maximum Gasteiger partial charge on any atom is 0.344 e. The first kappa shape index (κ1) is 19.6. The van der Waals surface area contributed by atoms with Crippen molar-refractivity contribution in [1.82, 2.24) is 9.80 Å². The Kier molecular flexibility index (Phi) is 5.67. The Bertz CT molecular complexity index is 1050. The molecule has 152 valence electrons. The van der Waals surface area contributed by atoms with E-state index >= 15 is 0 Å². The molecule has 2 heterocycles. The minimum atomic E-state index is -0.388. The summed E-state index contributed by atoms with van der Waals surface area (Å²) >= 11 is 0. The zero-order chi connectivity index (χ0) is 20.4. The quantitative estimate of drug-likeness (QED) is 0.648. The van der Waals surface area contributed by atoms with Crippen molar-refractivity contribution < 1.29 is 14.6 Å². The normalized spacial score (nSPS) is 15.8. The molecule has 1 fully saturated rings. The second-order valence-electron chi connectivity index (χ2n) is 7.54. The fourth-order valence-corrected chi connectivity index (χ4v) is 4.09. The van der Waals surface area contributed by atoms with Gasteiger partial charge in [-0.1, -0.05) is 30.3 Å². The molecule has 1 aliphatic heterocycles. The maximum absolute atomic E-state index is 12.8. The highest BCUT2D eigenvalue weighted by atomic mass is 16.4. The highest BCUT2D eigenvalue weighted by Crippen LogP contribution is 2.33. The van der Waals surface area contributed by atoms with Gasteiger partial charge >= 0.3 is 5.63 Å². The average Bonchev–Trinajstić information content (AvgIpc) is 2.72. The number of hydrogen-bond donors (Lipinski definition) is 2. The number of benzene rings is 2. The van der Waals surface area contributed by atoms with Crippen molar-refractivity contribution in [2.45, 2.75) is 13.5 Å². The largest absolute Gasteiger partial charge is 0.507 e. The molecule has 1 saturated heterocycles. The lowest BCUT2D eigenvalue weighted by molar-refractivity contribution is 0.108. The van der Waals surface area contributed by atoms with E-state index in [0.29, 0.717) is 29.8 Å². The highest BCUT2D eigenvalue weighted by molar-refractivity contribution is 5.89. The van der Waals surface area contributed by atoms with Gasteiger partial charge in [-0.15, -0.1) is 0 Å². The van der Waals surface area contributed by atoms with Crippen molar-refractivity contribution in [2.75, 3.05) is 39.3 Å². The van der Waals surface area contributed by atoms with Crippen molar-refractivity contribution in [2.24, 2.45) is 0 Å². The molecule has 4 rings (SSSR count). The van der Waals surface area contributed by atoms with E-state index in [1.165, 1.54) is 0 Å². The predicted molar refractivity (Wildman–Crippen MR) is 113 cm³/mol. The molecule has 0 radical (unpaired) electrons. The van der Waals surface area contributed by atoms with Gasteiger partial charge in [0.1, 0.15) is 11.3 Å². The van der Waals surface area contributed by atoms with Gasteiger partial charge in [-0.05, 0) is 30.2 Å². The molecule has 0 spiro atoms. The van der Waals surface area contributed by atoms with Crippen molar-refractivity contribution in [3.8, 4) is 16.9 Å². The molecule has 6 heteroatoms. The van der Waals surface area contributed by atoms with E-state index < -0.39 is 0 Å². The molecule has 0 saturated carbocycles. The van der Waals surface area contributed by atoms with Gasteiger partial charge in [0.05, 0.1) is 17.7 Å². The van der Waals surface area contributed by atoms with Crippen LogP contribution >= 0.6 is 0 Å². The second-order valence-corrected chi connectivity index (χ2v) is 7.54. The number of phenolic OH excluding ortho intramolecular Hbond substituents is 1. The lowest BCUT2D eigenvalue weighted by atomic mass is 9.98. The van der Waals surface area contributed by atoms with Crippen LogP contribution in [0.25, 0.3) is 22.1 Å². The highest BCUT2D eigenvalue weighted by Gasteiger charge is 2.22. The topological polar surface area (TPSA) is 77.2 Å². The van der Waals surface area contributed by atoms with Gasteiger partial charge in [-0.25, -0.2) is 4.79 Å². The van der Waals surface area contributed by atoms with Crippen LogP contribution < -0.4 is 5.63 Å². The number of aliphatic hydroxyl groups excluding tert-OH is 1. The fraction of sp³-hybridized carbons (Fsp3) is 0.348. The Labute approximate surface area is 169 Å². The summed E-state index contributed by atoms with van der Waals surface area (Å²) in [4.78, 5) is 17.3. The molecule has 1 aliphatic rings. The number of fused-ring (bicyclic) bond motifs is 1. The zero-order valence-electron chi connectivity index (χ0n) is 16.6. The predicted octanol–water partition coefficient (Wildman–Crippen LogP) is 2.58. The maximum atomic E-state index is 12.8. The van der Waals surface area contributed by atoms with Gasteiger partial charge in [0.15, 0.2) is 0 Å². The molecule has 2 aromatic carbocycles. The van der Waals surface area contributed by atoms with Crippen molar-refractivity contribution in [3.05, 3.63) is 64.0 Å². The minimum Gasteiger partial charge on any atom is -0.507 e. The molecule has 1 aromatic heterocycles. The van der Waals surface area contributed by atoms with E-state index in [2.05, 4.69) is 9.80 Å². The van der Waals surface area contributed by atoms with Gasteiger partial charge in [0.25, 0.3) is 0 Å². The first-order valence-electron chi connectivity index (χ1n) is 9.97. The van der Waals surface area contributed by atoms with E-state index in [0.717, 1.165) is 42.7 Å². The zero-order valence-corrected chi connectivity index (χ0v) is 16.6. The number of rotatable bonds is 5. The van der Waals surface area contributed by atoms with Crippen LogP contribution in [0.4, 0.5) is 0 Å². The van der Waals surface area contributed by atoms with E-state index in [1.807, 2.05) is 43.3 Å². The number of aliphatic hydroxyl groups is 1. The first-order valence-corrected chi connectivity index (χ1v) is 9.97. The van der Waals surface area contributed by atoms with Gasteiger partial charge in [-0.3, -0.25) is 9.80 Å². The summed E-state index contributed by atoms with van der Waals surface area (Å²) in [6.45, 7) is 6.70. The average molecular weight is 394 g/mol. The number of hydrogen-bond acceptors (Lipinski definition) is 6. The van der Waals surface area contributed by atoms with Crippen LogP contribution in [0.3, 0.4) is 0 Å². The first-order chi connectivity index (χ1) is 14.1. The summed E-state index contributed by atoms with van der Waals surface area (Å²) in [5, 5.41) is 20.5. The molecule has 0 atom stereocenters. The number of piperazine rings is 1. The van der Waals surface area contributed by atoms with Crippen molar-refractivity contribution in [3.63, 3.8) is 0 Å². The monoisotopic (exact) mass is 394 g/mol. The Morgan fingerprint density at radius 1 is 1.00 bits per heavy atom. The van der Waals surface area contributed by atoms with Crippen molar-refractivity contribution >= 4 is 11.0 Å². The Morgan fingerprint density at radius 3 is 2.38 bits per heavy atom. The lowest BCUT2D eigenvalue weighted by Crippen LogP contribution is -2.46. The van der Waals surface area contributed by atoms with Crippen molar-refractivity contribution in [1.29, 1.82) is 0 Å². The van der Waals surface area contributed by atoms with Crippen LogP contribution in [0, 0.1) is 6.92 Å². The molecule has 2 N–H and O–H groups in total. The number of aromatic hydroxyl groups is 1. The molecule has 6 nitrogen and oxygen atoms in total. The molecule has 0 amide bonds. The van der Waals surface area contributed by atoms with E-state index in [4.69, 9.17) is 9.52 Å². The summed E-state index contributed by atoms with van der Waals surface area (Å²) in [5.74, 6) is 0.144. The number of phenols is 1. The minimum absolute atomic E-state index is 0.144. The number of nitrogens with zero attached hydrogens (tertiary/aromatic N) is 2. The van der Waals surface area contributed by atoms with Gasteiger partial charge < -0.3 is 14.6 Å². The third kappa shape index (κ3) is 3.92. The Balaban J connectivity index is 1.70. The standard InChI is InChI=1S/C23H26N2O4/c1-16-18-7-8-20(27)19(15-25-11-9-24(10-12-25)13-14-26)22(18)29-23(28)21(16)17-5-3-2-4-6-17/h2-8,26-27H,9-15H2,1H3. The summed E-state index contributed by atoms with van der Waals surface area (Å²) < 4.78 is 5.76. The van der Waals surface area contributed by atoms with E-state index in [-0.39, 0.29) is 18.0 Å². The Morgan fingerprint density at radius 2 is 1.69 bits per heavy atom. The summed E-state index contributed by atoms with van der Waals surface area (Å²) in [6, 6.07) is 13.0. The molecule has 0 bridgehead atoms. The van der Waals surface area contributed by atoms with E-state index in [9.17, 15) is 9.90 Å². The summed E-state index contributed by atoms with van der Waals surface area (Å²) in [7, 11) is 0. The van der Waals surface area contributed by atoms with Gasteiger partial charge in [0.2, 0.25) is 0 Å². The number of β-amino-alcohol motifs (C(OH)–C–C–N with tert-alkyl or cyclic N) is 1. The summed E-state index contributed by atoms with van der Waals surface area (Å²) in [5.41, 5.74) is 2.97. The molecule has 29 heavy (non-hydrogen) atoms. The fourth-order valence-electron chi connectivity index (χ4n) is 4.09. The Hall–Kier alpha value is -2.67. The SMILES string of the molecule is Cc1c(-c2ccccc2)c(=O)oc2c(CN3CCN(CCO)CC3)c(O)ccc12. The molecular weight excluding hydrogens is 368 g/mol. The molecular formula is C23H26N2O4. The van der Waals surface area contributed by atoms with Crippen LogP contribution in [0.5, 0.6) is 5.75 Å². The smallest absolute Gasteiger partial charge is 0.344 e. The molecule has 3 aromatic rings. The third-order valence-electron chi connectivity index (χ3n) is 5.74. The van der Waals surface area contributed by atoms with Crippen LogP contribution in [-0.2, 0) is 6.54 Å². The van der Waals surface area contributed by atoms with Gasteiger partial charge in [-0.2, -0.15) is 0 Å². The van der Waals surface area contributed by atoms with Crippen LogP contribution in [0.2, 0.25) is 0 Å². The third-order valence-corrected chi connectivity index (χ3v) is 5.74. The van der Waals surface area contributed by atoms with Gasteiger partial charge in [0, 0.05) is 44.7 Å². The number of aryl methyl sites for hydroxylation is 1. The summed E-state index contributed by atoms with van der Waals surface area (Å²) in [6.07, 6.45) is 0. The van der Waals surface area contributed by atoms with Crippen LogP contribution in [0.1, 0.15) is 11.1 Å².